The lowest BCUT2D eigenvalue weighted by Crippen LogP contribution is -2.55. The van der Waals surface area contributed by atoms with Gasteiger partial charge < -0.3 is 10.6 Å². The van der Waals surface area contributed by atoms with E-state index in [-0.39, 0.29) is 11.6 Å². The van der Waals surface area contributed by atoms with E-state index in [2.05, 4.69) is 17.6 Å². The number of carbonyl (C=O) groups excluding carboxylic acids is 1. The number of amides is 1. The largest absolute Gasteiger partial charge is 0.367 e. The average Bonchev–Trinajstić information content (AvgIpc) is 2.37. The molecule has 102 valence electrons. The van der Waals surface area contributed by atoms with Crippen LogP contribution in [0.5, 0.6) is 0 Å². The van der Waals surface area contributed by atoms with Gasteiger partial charge in [-0.25, -0.2) is 8.78 Å². The molecule has 5 heteroatoms. The Morgan fingerprint density at radius 1 is 1.37 bits per heavy atom. The Balaban J connectivity index is 2.03. The first kappa shape index (κ1) is 12.4. The summed E-state index contributed by atoms with van der Waals surface area (Å²) in [7, 11) is 0. The quantitative estimate of drug-likeness (QED) is 0.756. The highest BCUT2D eigenvalue weighted by Crippen LogP contribution is 2.42. The number of halogens is 2. The van der Waals surface area contributed by atoms with Gasteiger partial charge in [0.05, 0.1) is 11.4 Å². The van der Waals surface area contributed by atoms with E-state index in [1.54, 1.807) is 0 Å². The Morgan fingerprint density at radius 3 is 2.89 bits per heavy atom. The van der Waals surface area contributed by atoms with E-state index in [1.165, 1.54) is 6.07 Å². The third kappa shape index (κ3) is 1.88. The van der Waals surface area contributed by atoms with Gasteiger partial charge in [0.25, 0.3) is 0 Å². The van der Waals surface area contributed by atoms with E-state index in [1.807, 2.05) is 0 Å². The zero-order chi connectivity index (χ0) is 13.6. The molecule has 2 N–H and O–H groups in total. The summed E-state index contributed by atoms with van der Waals surface area (Å²) in [5.74, 6) is -1.57. The molecular weight excluding hydrogens is 250 g/mol. The molecule has 3 nitrogen and oxygen atoms in total. The van der Waals surface area contributed by atoms with Gasteiger partial charge >= 0.3 is 0 Å². The van der Waals surface area contributed by atoms with Crippen LogP contribution in [0.25, 0.3) is 0 Å². The van der Waals surface area contributed by atoms with Crippen LogP contribution in [-0.2, 0) is 4.79 Å². The molecular formula is C14H16F2N2O. The van der Waals surface area contributed by atoms with Crippen LogP contribution in [-0.4, -0.2) is 11.4 Å². The number of hydrogen-bond acceptors (Lipinski definition) is 2. The highest BCUT2D eigenvalue weighted by Gasteiger charge is 2.45. The summed E-state index contributed by atoms with van der Waals surface area (Å²) in [6, 6.07) is 2.41. The van der Waals surface area contributed by atoms with Crippen LogP contribution in [0.3, 0.4) is 0 Å². The number of carbonyl (C=O) groups is 1. The SMILES string of the molecule is CC1CCCC2(C1)Nc1c(ccc(F)c1F)NC2=O. The summed E-state index contributed by atoms with van der Waals surface area (Å²) < 4.78 is 27.2. The molecule has 19 heavy (non-hydrogen) atoms. The third-order valence-corrected chi connectivity index (χ3v) is 4.14. The highest BCUT2D eigenvalue weighted by molar-refractivity contribution is 6.06. The van der Waals surface area contributed by atoms with Gasteiger partial charge in [0, 0.05) is 0 Å². The molecule has 0 bridgehead atoms. The Hall–Kier alpha value is -1.65. The second-order valence-electron chi connectivity index (χ2n) is 5.65. The summed E-state index contributed by atoms with van der Waals surface area (Å²) in [4.78, 5) is 12.3. The molecule has 2 unspecified atom stereocenters. The minimum Gasteiger partial charge on any atom is -0.367 e. The monoisotopic (exact) mass is 266 g/mol. The van der Waals surface area contributed by atoms with Crippen LogP contribution >= 0.6 is 0 Å². The number of fused-ring (bicyclic) bond motifs is 1. The predicted octanol–water partition coefficient (Wildman–Crippen LogP) is 3.28. The van der Waals surface area contributed by atoms with Crippen molar-refractivity contribution in [1.29, 1.82) is 0 Å². The maximum absolute atomic E-state index is 13.9. The molecule has 1 aliphatic heterocycles. The zero-order valence-corrected chi connectivity index (χ0v) is 10.7. The molecule has 1 spiro atoms. The fraction of sp³-hybridized carbons (Fsp3) is 0.500. The maximum atomic E-state index is 13.9. The van der Waals surface area contributed by atoms with Gasteiger partial charge in [-0.3, -0.25) is 4.79 Å². The Kier molecular flexibility index (Phi) is 2.73. The van der Waals surface area contributed by atoms with Crippen molar-refractivity contribution in [1.82, 2.24) is 0 Å². The Bertz CT molecular complexity index is 546. The third-order valence-electron chi connectivity index (χ3n) is 4.14. The summed E-state index contributed by atoms with van der Waals surface area (Å²) in [5, 5.41) is 5.68. The van der Waals surface area contributed by atoms with Crippen LogP contribution in [0.4, 0.5) is 20.2 Å². The van der Waals surface area contributed by atoms with E-state index in [0.717, 1.165) is 18.9 Å². The van der Waals surface area contributed by atoms with Gasteiger partial charge in [0.15, 0.2) is 11.6 Å². The number of hydrogen-bond donors (Lipinski definition) is 2. The van der Waals surface area contributed by atoms with Gasteiger partial charge in [-0.2, -0.15) is 0 Å². The standard InChI is InChI=1S/C14H16F2N2O/c1-8-3-2-6-14(7-8)13(19)17-10-5-4-9(15)11(16)12(10)18-14/h4-5,8,18H,2-3,6-7H2,1H3,(H,17,19). The van der Waals surface area contributed by atoms with E-state index >= 15 is 0 Å². The maximum Gasteiger partial charge on any atom is 0.250 e. The van der Waals surface area contributed by atoms with Crippen molar-refractivity contribution in [3.63, 3.8) is 0 Å². The topological polar surface area (TPSA) is 41.1 Å². The molecule has 3 rings (SSSR count). The molecule has 1 amide bonds. The molecule has 2 aliphatic rings. The first-order chi connectivity index (χ1) is 9.02. The number of rotatable bonds is 0. The molecule has 1 heterocycles. The smallest absolute Gasteiger partial charge is 0.250 e. The van der Waals surface area contributed by atoms with Crippen LogP contribution in [0.1, 0.15) is 32.6 Å². The fourth-order valence-corrected chi connectivity index (χ4v) is 3.19. The first-order valence-electron chi connectivity index (χ1n) is 6.59. The average molecular weight is 266 g/mol. The lowest BCUT2D eigenvalue weighted by atomic mass is 9.74. The zero-order valence-electron chi connectivity index (χ0n) is 10.7. The highest BCUT2D eigenvalue weighted by atomic mass is 19.2. The van der Waals surface area contributed by atoms with Crippen molar-refractivity contribution >= 4 is 17.3 Å². The van der Waals surface area contributed by atoms with Crippen LogP contribution in [0, 0.1) is 17.6 Å². The Labute approximate surface area is 110 Å². The lowest BCUT2D eigenvalue weighted by molar-refractivity contribution is -0.122. The van der Waals surface area contributed by atoms with Crippen molar-refractivity contribution in [2.45, 2.75) is 38.1 Å². The predicted molar refractivity (Wildman–Crippen MR) is 69.0 cm³/mol. The molecule has 0 radical (unpaired) electrons. The fourth-order valence-electron chi connectivity index (χ4n) is 3.19. The lowest BCUT2D eigenvalue weighted by Gasteiger charge is -2.43. The first-order valence-corrected chi connectivity index (χ1v) is 6.59. The molecule has 1 aromatic rings. The molecule has 0 saturated heterocycles. The van der Waals surface area contributed by atoms with Crippen molar-refractivity contribution in [2.24, 2.45) is 5.92 Å². The van der Waals surface area contributed by atoms with Crippen molar-refractivity contribution in [3.8, 4) is 0 Å². The van der Waals surface area contributed by atoms with Gasteiger partial charge in [-0.15, -0.1) is 0 Å². The number of nitrogens with one attached hydrogen (secondary N) is 2. The van der Waals surface area contributed by atoms with E-state index < -0.39 is 17.2 Å². The molecule has 1 fully saturated rings. The molecule has 1 saturated carbocycles. The van der Waals surface area contributed by atoms with Crippen LogP contribution < -0.4 is 10.6 Å². The molecule has 1 aromatic carbocycles. The second kappa shape index (κ2) is 4.18. The van der Waals surface area contributed by atoms with Crippen LogP contribution in [0.2, 0.25) is 0 Å². The summed E-state index contributed by atoms with van der Waals surface area (Å²) in [6.07, 6.45) is 3.27. The number of benzene rings is 1. The Morgan fingerprint density at radius 2 is 2.16 bits per heavy atom. The van der Waals surface area contributed by atoms with Gasteiger partial charge in [-0.05, 0) is 30.9 Å². The summed E-state index contributed by atoms with van der Waals surface area (Å²) in [5.41, 5.74) is -0.402. The van der Waals surface area contributed by atoms with Crippen molar-refractivity contribution < 1.29 is 13.6 Å². The van der Waals surface area contributed by atoms with Crippen molar-refractivity contribution in [2.75, 3.05) is 10.6 Å². The van der Waals surface area contributed by atoms with Gasteiger partial charge in [-0.1, -0.05) is 19.8 Å². The number of anilines is 2. The van der Waals surface area contributed by atoms with E-state index in [9.17, 15) is 13.6 Å². The molecule has 0 aromatic heterocycles. The minimum absolute atomic E-state index is 0.0775. The normalized spacial score (nSPS) is 29.6. The second-order valence-corrected chi connectivity index (χ2v) is 5.65. The molecule has 2 atom stereocenters. The van der Waals surface area contributed by atoms with Gasteiger partial charge in [0.1, 0.15) is 5.54 Å². The minimum atomic E-state index is -0.921. The van der Waals surface area contributed by atoms with Gasteiger partial charge in [0.2, 0.25) is 5.91 Å². The van der Waals surface area contributed by atoms with E-state index in [0.29, 0.717) is 24.4 Å². The summed E-state index contributed by atoms with van der Waals surface area (Å²) >= 11 is 0. The van der Waals surface area contributed by atoms with Crippen molar-refractivity contribution in [3.05, 3.63) is 23.8 Å². The van der Waals surface area contributed by atoms with E-state index in [4.69, 9.17) is 0 Å². The molecule has 1 aliphatic carbocycles. The van der Waals surface area contributed by atoms with Crippen LogP contribution in [0.15, 0.2) is 12.1 Å². The summed E-state index contributed by atoms with van der Waals surface area (Å²) in [6.45, 7) is 2.08.